The highest BCUT2D eigenvalue weighted by Crippen LogP contribution is 2.55. The molecule has 4 heteroatoms. The van der Waals surface area contributed by atoms with Crippen LogP contribution >= 0.6 is 0 Å². The monoisotopic (exact) mass is 657 g/mol. The molecule has 1 aliphatic carbocycles. The number of benzene rings is 7. The number of nitrogens with zero attached hydrogens (tertiary/aromatic N) is 3. The lowest BCUT2D eigenvalue weighted by molar-refractivity contribution is 0.299. The van der Waals surface area contributed by atoms with E-state index < -0.39 is 0 Å². The summed E-state index contributed by atoms with van der Waals surface area (Å²) in [5.41, 5.74) is 9.41. The fraction of sp³-hybridized carbons (Fsp3) is 0.128. The van der Waals surface area contributed by atoms with Gasteiger partial charge in [0.05, 0.1) is 0 Å². The molecule has 0 aliphatic heterocycles. The van der Waals surface area contributed by atoms with Crippen LogP contribution in [0.15, 0.2) is 144 Å². The molecule has 0 atom stereocenters. The SMILES string of the molecule is CC1(C)c2ccc(-c3nc(-c4ccccc4)nc(-c4cccc5oc6ccccc6c45)n3)cc2-c2cc3ccc4ccccc4c3cc2C1(C)C. The van der Waals surface area contributed by atoms with E-state index in [2.05, 4.69) is 119 Å². The number of hydrogen-bond donors (Lipinski definition) is 0. The third-order valence-corrected chi connectivity index (χ3v) is 11.7. The molecular weight excluding hydrogens is 623 g/mol. The Morgan fingerprint density at radius 1 is 0.412 bits per heavy atom. The van der Waals surface area contributed by atoms with Crippen molar-refractivity contribution in [2.24, 2.45) is 0 Å². The van der Waals surface area contributed by atoms with Crippen molar-refractivity contribution in [1.82, 2.24) is 15.0 Å². The molecule has 2 aromatic heterocycles. The maximum Gasteiger partial charge on any atom is 0.164 e. The van der Waals surface area contributed by atoms with E-state index in [1.807, 2.05) is 48.5 Å². The molecule has 2 heterocycles. The van der Waals surface area contributed by atoms with Gasteiger partial charge in [0.15, 0.2) is 17.5 Å². The summed E-state index contributed by atoms with van der Waals surface area (Å²) in [4.78, 5) is 15.5. The first-order chi connectivity index (χ1) is 24.8. The van der Waals surface area contributed by atoms with E-state index in [0.717, 1.165) is 38.6 Å². The molecular formula is C47H35N3O. The summed E-state index contributed by atoms with van der Waals surface area (Å²) < 4.78 is 6.26. The van der Waals surface area contributed by atoms with Crippen LogP contribution in [-0.2, 0) is 10.8 Å². The third-order valence-electron chi connectivity index (χ3n) is 11.7. The van der Waals surface area contributed by atoms with Crippen molar-refractivity contribution in [3.63, 3.8) is 0 Å². The zero-order valence-corrected chi connectivity index (χ0v) is 29.0. The van der Waals surface area contributed by atoms with Crippen LogP contribution < -0.4 is 0 Å². The maximum absolute atomic E-state index is 6.26. The van der Waals surface area contributed by atoms with E-state index in [-0.39, 0.29) is 10.8 Å². The standard InChI is InChI=1S/C47H35N3O/c1-46(2)38-24-23-31(26-36(38)37-25-30-22-21-28-13-8-9-16-32(28)35(30)27-39(37)47(46,3)4)44-48-43(29-14-6-5-7-15-29)49-45(50-44)34-18-12-20-41-42(34)33-17-10-11-19-40(33)51-41/h5-27H,1-4H3. The van der Waals surface area contributed by atoms with E-state index in [9.17, 15) is 0 Å². The summed E-state index contributed by atoms with van der Waals surface area (Å²) in [7, 11) is 0. The summed E-state index contributed by atoms with van der Waals surface area (Å²) in [5, 5.41) is 7.14. The first-order valence-corrected chi connectivity index (χ1v) is 17.6. The molecule has 4 nitrogen and oxygen atoms in total. The van der Waals surface area contributed by atoms with Gasteiger partial charge in [-0.05, 0) is 85.0 Å². The molecule has 0 fully saturated rings. The van der Waals surface area contributed by atoms with E-state index in [0.29, 0.717) is 17.5 Å². The Morgan fingerprint density at radius 3 is 1.90 bits per heavy atom. The summed E-state index contributed by atoms with van der Waals surface area (Å²) in [6.07, 6.45) is 0. The lowest BCUT2D eigenvalue weighted by Crippen LogP contribution is -2.43. The molecule has 0 unspecified atom stereocenters. The van der Waals surface area contributed by atoms with Gasteiger partial charge in [0, 0.05) is 27.5 Å². The molecule has 0 saturated heterocycles. The van der Waals surface area contributed by atoms with Crippen LogP contribution in [-0.4, -0.2) is 15.0 Å². The number of rotatable bonds is 3. The largest absolute Gasteiger partial charge is 0.456 e. The van der Waals surface area contributed by atoms with Crippen LogP contribution in [0.25, 0.3) is 88.8 Å². The van der Waals surface area contributed by atoms with Crippen LogP contribution in [0.5, 0.6) is 0 Å². The Balaban J connectivity index is 1.22. The molecule has 0 spiro atoms. The Hall–Kier alpha value is -6.13. The lowest BCUT2D eigenvalue weighted by atomic mass is 9.55. The Labute approximate surface area is 296 Å². The quantitative estimate of drug-likeness (QED) is 0.177. The lowest BCUT2D eigenvalue weighted by Gasteiger charge is -2.48. The predicted molar refractivity (Wildman–Crippen MR) is 210 cm³/mol. The smallest absolute Gasteiger partial charge is 0.164 e. The van der Waals surface area contributed by atoms with E-state index in [4.69, 9.17) is 19.4 Å². The molecule has 0 N–H and O–H groups in total. The topological polar surface area (TPSA) is 51.8 Å². The van der Waals surface area contributed by atoms with Gasteiger partial charge in [-0.1, -0.05) is 137 Å². The fourth-order valence-electron chi connectivity index (χ4n) is 8.22. The minimum atomic E-state index is -0.135. The average molecular weight is 658 g/mol. The fourth-order valence-corrected chi connectivity index (χ4v) is 8.22. The van der Waals surface area contributed by atoms with Gasteiger partial charge in [-0.2, -0.15) is 0 Å². The van der Waals surface area contributed by atoms with Gasteiger partial charge in [-0.25, -0.2) is 15.0 Å². The van der Waals surface area contributed by atoms with Gasteiger partial charge < -0.3 is 4.42 Å². The molecule has 0 amide bonds. The predicted octanol–water partition coefficient (Wildman–Crippen LogP) is 12.3. The average Bonchev–Trinajstić information content (AvgIpc) is 3.56. The van der Waals surface area contributed by atoms with E-state index >= 15 is 0 Å². The highest BCUT2D eigenvalue weighted by molar-refractivity contribution is 6.12. The minimum Gasteiger partial charge on any atom is -0.456 e. The van der Waals surface area contributed by atoms with Gasteiger partial charge in [-0.3, -0.25) is 0 Å². The molecule has 7 aromatic carbocycles. The zero-order valence-electron chi connectivity index (χ0n) is 29.0. The highest BCUT2D eigenvalue weighted by atomic mass is 16.3. The molecule has 0 saturated carbocycles. The molecule has 0 bridgehead atoms. The second-order valence-electron chi connectivity index (χ2n) is 14.9. The van der Waals surface area contributed by atoms with Crippen LogP contribution in [0.3, 0.4) is 0 Å². The second kappa shape index (κ2) is 10.7. The van der Waals surface area contributed by atoms with E-state index in [1.54, 1.807) is 0 Å². The van der Waals surface area contributed by atoms with Crippen molar-refractivity contribution in [3.05, 3.63) is 151 Å². The summed E-state index contributed by atoms with van der Waals surface area (Å²) in [6.45, 7) is 9.55. The van der Waals surface area contributed by atoms with Gasteiger partial charge >= 0.3 is 0 Å². The molecule has 244 valence electrons. The number of para-hydroxylation sites is 1. The first-order valence-electron chi connectivity index (χ1n) is 17.6. The highest BCUT2D eigenvalue weighted by Gasteiger charge is 2.46. The minimum absolute atomic E-state index is 0.116. The molecule has 0 radical (unpaired) electrons. The van der Waals surface area contributed by atoms with Gasteiger partial charge in [0.1, 0.15) is 11.2 Å². The Kier molecular flexibility index (Phi) is 6.23. The first kappa shape index (κ1) is 29.8. The molecule has 51 heavy (non-hydrogen) atoms. The van der Waals surface area contributed by atoms with Crippen LogP contribution in [0.1, 0.15) is 38.8 Å². The second-order valence-corrected chi connectivity index (χ2v) is 14.9. The number of fused-ring (bicyclic) bond motifs is 9. The van der Waals surface area contributed by atoms with Crippen molar-refractivity contribution in [2.75, 3.05) is 0 Å². The van der Waals surface area contributed by atoms with E-state index in [1.165, 1.54) is 43.8 Å². The van der Waals surface area contributed by atoms with Gasteiger partial charge in [0.2, 0.25) is 0 Å². The number of hydrogen-bond acceptors (Lipinski definition) is 4. The van der Waals surface area contributed by atoms with Crippen molar-refractivity contribution in [1.29, 1.82) is 0 Å². The summed E-state index contributed by atoms with van der Waals surface area (Å²) in [6, 6.07) is 49.3. The Morgan fingerprint density at radius 2 is 1.06 bits per heavy atom. The molecule has 9 aromatic rings. The van der Waals surface area contributed by atoms with Crippen LogP contribution in [0, 0.1) is 0 Å². The number of furan rings is 1. The normalized spacial score (nSPS) is 14.6. The van der Waals surface area contributed by atoms with Crippen LogP contribution in [0.4, 0.5) is 0 Å². The maximum atomic E-state index is 6.26. The molecule has 1 aliphatic rings. The number of aromatic nitrogens is 3. The van der Waals surface area contributed by atoms with Gasteiger partial charge in [-0.15, -0.1) is 0 Å². The zero-order chi connectivity index (χ0) is 34.5. The van der Waals surface area contributed by atoms with Crippen molar-refractivity contribution >= 4 is 43.5 Å². The van der Waals surface area contributed by atoms with Gasteiger partial charge in [0.25, 0.3) is 0 Å². The Bertz CT molecular complexity index is 2860. The van der Waals surface area contributed by atoms with Crippen molar-refractivity contribution in [2.45, 2.75) is 38.5 Å². The third kappa shape index (κ3) is 4.36. The van der Waals surface area contributed by atoms with Crippen molar-refractivity contribution in [3.8, 4) is 45.3 Å². The summed E-state index contributed by atoms with van der Waals surface area (Å²) >= 11 is 0. The van der Waals surface area contributed by atoms with Crippen molar-refractivity contribution < 1.29 is 4.42 Å². The van der Waals surface area contributed by atoms with Crippen LogP contribution in [0.2, 0.25) is 0 Å². The molecule has 10 rings (SSSR count). The summed E-state index contributed by atoms with van der Waals surface area (Å²) in [5.74, 6) is 1.90.